The minimum Gasteiger partial charge on any atom is -0.508 e. The molecule has 0 aliphatic rings. The average Bonchev–Trinajstić information content (AvgIpc) is 2.81. The lowest BCUT2D eigenvalue weighted by Crippen LogP contribution is -2.58. The van der Waals surface area contributed by atoms with Gasteiger partial charge in [0.25, 0.3) is 0 Å². The third-order valence-corrected chi connectivity index (χ3v) is 5.57. The van der Waals surface area contributed by atoms with Gasteiger partial charge in [0.05, 0.1) is 6.54 Å². The van der Waals surface area contributed by atoms with Crippen LogP contribution in [0, 0.1) is 5.92 Å². The Morgan fingerprint density at radius 3 is 2.09 bits per heavy atom. The minimum atomic E-state index is -1.19. The molecule has 3 amide bonds. The zero-order valence-electron chi connectivity index (χ0n) is 19.8. The van der Waals surface area contributed by atoms with Crippen molar-refractivity contribution < 1.29 is 29.4 Å². The molecule has 0 aliphatic heterocycles. The van der Waals surface area contributed by atoms with E-state index < -0.39 is 41.8 Å². The second-order valence-electron chi connectivity index (χ2n) is 8.25. The first-order valence-electron chi connectivity index (χ1n) is 11.4. The fourth-order valence-electron chi connectivity index (χ4n) is 3.30. The summed E-state index contributed by atoms with van der Waals surface area (Å²) in [7, 11) is 0. The maximum atomic E-state index is 13.1. The zero-order chi connectivity index (χ0) is 25.7. The largest absolute Gasteiger partial charge is 0.508 e. The first-order valence-corrected chi connectivity index (χ1v) is 11.4. The maximum absolute atomic E-state index is 13.1. The van der Waals surface area contributed by atoms with Crippen molar-refractivity contribution in [2.75, 3.05) is 13.1 Å². The van der Waals surface area contributed by atoms with Crippen LogP contribution < -0.4 is 27.4 Å². The molecule has 190 valence electrons. The summed E-state index contributed by atoms with van der Waals surface area (Å²) in [4.78, 5) is 49.6. The summed E-state index contributed by atoms with van der Waals surface area (Å²) in [6, 6.07) is 2.91. The average molecular weight is 480 g/mol. The molecule has 34 heavy (non-hydrogen) atoms. The molecule has 0 spiro atoms. The van der Waals surface area contributed by atoms with E-state index in [1.54, 1.807) is 19.1 Å². The summed E-state index contributed by atoms with van der Waals surface area (Å²) in [6.07, 6.45) is 1.96. The van der Waals surface area contributed by atoms with Crippen molar-refractivity contribution in [3.8, 4) is 5.75 Å². The Hall–Kier alpha value is -3.18. The molecule has 0 saturated carbocycles. The van der Waals surface area contributed by atoms with Crippen molar-refractivity contribution in [2.24, 2.45) is 17.4 Å². The summed E-state index contributed by atoms with van der Waals surface area (Å²) in [5.41, 5.74) is 11.5. The Kier molecular flexibility index (Phi) is 12.6. The molecule has 0 aliphatic carbocycles. The molecule has 11 nitrogen and oxygen atoms in total. The number of amides is 3. The van der Waals surface area contributed by atoms with E-state index in [1.807, 2.05) is 6.92 Å². The Morgan fingerprint density at radius 2 is 1.56 bits per heavy atom. The summed E-state index contributed by atoms with van der Waals surface area (Å²) in [5, 5.41) is 26.8. The fourth-order valence-corrected chi connectivity index (χ4v) is 3.30. The number of carbonyl (C=O) groups excluding carboxylic acids is 3. The van der Waals surface area contributed by atoms with Crippen LogP contribution in [0.15, 0.2) is 24.3 Å². The molecular weight excluding hydrogens is 442 g/mol. The van der Waals surface area contributed by atoms with Crippen LogP contribution in [0.25, 0.3) is 0 Å². The highest BCUT2D eigenvalue weighted by atomic mass is 16.4. The number of aromatic hydroxyl groups is 1. The highest BCUT2D eigenvalue weighted by Crippen LogP contribution is 2.13. The van der Waals surface area contributed by atoms with Crippen LogP contribution in [0.1, 0.15) is 45.1 Å². The molecule has 0 bridgehead atoms. The molecule has 1 rings (SSSR count). The summed E-state index contributed by atoms with van der Waals surface area (Å²) < 4.78 is 0. The van der Waals surface area contributed by atoms with Gasteiger partial charge in [-0.25, -0.2) is 4.79 Å². The molecule has 0 aromatic heterocycles. The number of hydrogen-bond donors (Lipinski definition) is 7. The number of aliphatic carboxylic acids is 1. The van der Waals surface area contributed by atoms with Gasteiger partial charge in [-0.1, -0.05) is 32.4 Å². The van der Waals surface area contributed by atoms with E-state index in [9.17, 15) is 29.4 Å². The quantitative estimate of drug-likeness (QED) is 0.165. The number of rotatable bonds is 15. The molecule has 0 heterocycles. The molecule has 0 fully saturated rings. The van der Waals surface area contributed by atoms with E-state index in [-0.39, 0.29) is 31.1 Å². The minimum absolute atomic E-state index is 0.0426. The maximum Gasteiger partial charge on any atom is 0.326 e. The lowest BCUT2D eigenvalue weighted by Gasteiger charge is -2.27. The molecule has 0 radical (unpaired) electrons. The Balaban J connectivity index is 3.11. The number of carboxylic acid groups (broad SMARTS) is 1. The van der Waals surface area contributed by atoms with Gasteiger partial charge in [0.1, 0.15) is 23.9 Å². The van der Waals surface area contributed by atoms with Gasteiger partial charge in [0.2, 0.25) is 17.7 Å². The second kappa shape index (κ2) is 14.9. The van der Waals surface area contributed by atoms with E-state index in [0.717, 1.165) is 0 Å². The van der Waals surface area contributed by atoms with Crippen molar-refractivity contribution in [1.29, 1.82) is 0 Å². The van der Waals surface area contributed by atoms with Crippen LogP contribution in [0.2, 0.25) is 0 Å². The number of nitrogens with two attached hydrogens (primary N) is 2. The number of unbranched alkanes of at least 4 members (excludes halogenated alkanes) is 1. The topological polar surface area (TPSA) is 197 Å². The van der Waals surface area contributed by atoms with Crippen molar-refractivity contribution in [1.82, 2.24) is 16.0 Å². The summed E-state index contributed by atoms with van der Waals surface area (Å²) in [5.74, 6) is -3.14. The molecule has 4 atom stereocenters. The number of nitrogens with one attached hydrogen (secondary N) is 3. The van der Waals surface area contributed by atoms with Crippen LogP contribution >= 0.6 is 0 Å². The molecular formula is C23H37N5O6. The van der Waals surface area contributed by atoms with E-state index in [2.05, 4.69) is 16.0 Å². The second-order valence-corrected chi connectivity index (χ2v) is 8.25. The number of carbonyl (C=O) groups is 4. The number of benzene rings is 1. The van der Waals surface area contributed by atoms with Gasteiger partial charge in [-0.15, -0.1) is 0 Å². The number of phenols is 1. The molecule has 4 unspecified atom stereocenters. The Labute approximate surface area is 199 Å². The van der Waals surface area contributed by atoms with E-state index in [1.165, 1.54) is 12.1 Å². The molecule has 1 aromatic carbocycles. The lowest BCUT2D eigenvalue weighted by atomic mass is 9.97. The molecule has 1 aromatic rings. The van der Waals surface area contributed by atoms with Crippen LogP contribution in [0.5, 0.6) is 5.75 Å². The van der Waals surface area contributed by atoms with Crippen molar-refractivity contribution in [3.05, 3.63) is 29.8 Å². The van der Waals surface area contributed by atoms with Gasteiger partial charge in [0.15, 0.2) is 0 Å². The predicted molar refractivity (Wildman–Crippen MR) is 127 cm³/mol. The number of phenolic OH excluding ortho intramolecular Hbond substituents is 1. The smallest absolute Gasteiger partial charge is 0.326 e. The number of carboxylic acids is 1. The van der Waals surface area contributed by atoms with Gasteiger partial charge in [0, 0.05) is 6.42 Å². The standard InChI is InChI=1S/C23H37N5O6/c1-3-14(2)20(28-19(30)13-25)22(32)27-18(12-15-7-9-16(29)10-8-15)21(31)26-17(23(33)34)6-4-5-11-24/h7-10,14,17-18,20,29H,3-6,11-13,24-25H2,1-2H3,(H,26,31)(H,27,32)(H,28,30)(H,33,34). The van der Waals surface area contributed by atoms with Crippen molar-refractivity contribution in [2.45, 2.75) is 64.1 Å². The predicted octanol–water partition coefficient (Wildman–Crippen LogP) is -0.392. The van der Waals surface area contributed by atoms with Crippen molar-refractivity contribution >= 4 is 23.7 Å². The normalized spacial score (nSPS) is 14.4. The lowest BCUT2D eigenvalue weighted by molar-refractivity contribution is -0.142. The van der Waals surface area contributed by atoms with Crippen molar-refractivity contribution in [3.63, 3.8) is 0 Å². The van der Waals surface area contributed by atoms with Crippen LogP contribution in [0.3, 0.4) is 0 Å². The molecule has 11 heteroatoms. The third-order valence-electron chi connectivity index (χ3n) is 5.57. The van der Waals surface area contributed by atoms with Crippen LogP contribution in [-0.4, -0.2) is 65.1 Å². The highest BCUT2D eigenvalue weighted by Gasteiger charge is 2.31. The monoisotopic (exact) mass is 479 g/mol. The fraction of sp³-hybridized carbons (Fsp3) is 0.565. The first-order chi connectivity index (χ1) is 16.1. The van der Waals surface area contributed by atoms with Gasteiger partial charge in [-0.2, -0.15) is 0 Å². The van der Waals surface area contributed by atoms with Crippen LogP contribution in [-0.2, 0) is 25.6 Å². The Bertz CT molecular complexity index is 817. The van der Waals surface area contributed by atoms with E-state index in [4.69, 9.17) is 11.5 Å². The zero-order valence-corrected chi connectivity index (χ0v) is 19.8. The highest BCUT2D eigenvalue weighted by molar-refractivity contribution is 5.93. The first kappa shape index (κ1) is 28.9. The molecule has 0 saturated heterocycles. The SMILES string of the molecule is CCC(C)C(NC(=O)CN)C(=O)NC(Cc1ccc(O)cc1)C(=O)NC(CCCCN)C(=O)O. The Morgan fingerprint density at radius 1 is 0.941 bits per heavy atom. The third kappa shape index (κ3) is 9.75. The number of hydrogen-bond acceptors (Lipinski definition) is 7. The molecule has 9 N–H and O–H groups in total. The van der Waals surface area contributed by atoms with Gasteiger partial charge in [-0.05, 0) is 49.4 Å². The van der Waals surface area contributed by atoms with E-state index >= 15 is 0 Å². The summed E-state index contributed by atoms with van der Waals surface area (Å²) in [6.45, 7) is 3.76. The summed E-state index contributed by atoms with van der Waals surface area (Å²) >= 11 is 0. The van der Waals surface area contributed by atoms with Gasteiger partial charge < -0.3 is 37.6 Å². The van der Waals surface area contributed by atoms with Gasteiger partial charge in [-0.3, -0.25) is 14.4 Å². The van der Waals surface area contributed by atoms with Crippen LogP contribution in [0.4, 0.5) is 0 Å². The van der Waals surface area contributed by atoms with Gasteiger partial charge >= 0.3 is 5.97 Å². The van der Waals surface area contributed by atoms with E-state index in [0.29, 0.717) is 31.4 Å².